The molecule has 0 amide bonds. The molecule has 0 aromatic heterocycles. The minimum atomic E-state index is 0.318. The Labute approximate surface area is 56.1 Å². The summed E-state index contributed by atoms with van der Waals surface area (Å²) in [6.45, 7) is 0.318. The highest BCUT2D eigenvalue weighted by atomic mass is 16.3. The van der Waals surface area contributed by atoms with E-state index in [-0.39, 0.29) is 0 Å². The molecule has 0 unspecified atom stereocenters. The van der Waals surface area contributed by atoms with Gasteiger partial charge in [0.2, 0.25) is 0 Å². The first-order valence-electron chi connectivity index (χ1n) is 3.43. The molecule has 0 radical (unpaired) electrons. The van der Waals surface area contributed by atoms with Gasteiger partial charge in [0.05, 0.1) is 0 Å². The molecule has 0 saturated heterocycles. The summed E-state index contributed by atoms with van der Waals surface area (Å²) < 4.78 is 0. The average Bonchev–Trinajstić information content (AvgIpc) is 2.34. The van der Waals surface area contributed by atoms with Gasteiger partial charge in [-0.05, 0) is 25.2 Å². The molecule has 0 bridgehead atoms. The molecule has 1 rings (SSSR count). The van der Waals surface area contributed by atoms with E-state index in [9.17, 15) is 0 Å². The van der Waals surface area contributed by atoms with Gasteiger partial charge in [-0.25, -0.2) is 0 Å². The summed E-state index contributed by atoms with van der Waals surface area (Å²) >= 11 is 0. The van der Waals surface area contributed by atoms with Gasteiger partial charge in [-0.1, -0.05) is 0 Å². The van der Waals surface area contributed by atoms with Crippen molar-refractivity contribution in [1.29, 1.82) is 0 Å². The van der Waals surface area contributed by atoms with Gasteiger partial charge in [-0.3, -0.25) is 0 Å². The second-order valence-corrected chi connectivity index (χ2v) is 2.73. The van der Waals surface area contributed by atoms with E-state index in [0.717, 1.165) is 19.3 Å². The van der Waals surface area contributed by atoms with E-state index < -0.39 is 0 Å². The van der Waals surface area contributed by atoms with E-state index >= 15 is 0 Å². The van der Waals surface area contributed by atoms with E-state index in [0.29, 0.717) is 18.4 Å². The van der Waals surface area contributed by atoms with Crippen molar-refractivity contribution in [2.75, 3.05) is 6.61 Å². The molecule has 0 aromatic carbocycles. The number of aliphatic hydroxyl groups is 1. The number of rotatable bonds is 1. The van der Waals surface area contributed by atoms with E-state index in [2.05, 4.69) is 5.92 Å². The molecule has 0 aromatic rings. The Bertz CT molecular complexity index is 123. The number of aliphatic hydroxyl groups excluding tert-OH is 1. The minimum absolute atomic E-state index is 0.318. The monoisotopic (exact) mass is 124 g/mol. The fourth-order valence-electron chi connectivity index (χ4n) is 1.39. The van der Waals surface area contributed by atoms with Gasteiger partial charge in [-0.2, -0.15) is 0 Å². The normalized spacial score (nSPS) is 34.2. The third kappa shape index (κ3) is 1.46. The molecule has 1 aliphatic rings. The lowest BCUT2D eigenvalue weighted by atomic mass is 10.1. The molecule has 1 nitrogen and oxygen atoms in total. The van der Waals surface area contributed by atoms with Crippen molar-refractivity contribution in [3.63, 3.8) is 0 Å². The Hall–Kier alpha value is -0.480. The maximum Gasteiger partial charge on any atom is 0.0459 e. The van der Waals surface area contributed by atoms with Gasteiger partial charge in [0.15, 0.2) is 0 Å². The van der Waals surface area contributed by atoms with E-state index in [1.54, 1.807) is 0 Å². The first-order valence-corrected chi connectivity index (χ1v) is 3.43. The molecule has 0 spiro atoms. The van der Waals surface area contributed by atoms with Gasteiger partial charge in [0.25, 0.3) is 0 Å². The zero-order chi connectivity index (χ0) is 6.69. The summed E-state index contributed by atoms with van der Waals surface area (Å²) in [5.41, 5.74) is 0. The highest BCUT2D eigenvalue weighted by Gasteiger charge is 2.21. The summed E-state index contributed by atoms with van der Waals surface area (Å²) in [6.07, 6.45) is 8.48. The van der Waals surface area contributed by atoms with Crippen LogP contribution in [-0.2, 0) is 0 Å². The molecular weight excluding hydrogens is 112 g/mol. The quantitative estimate of drug-likeness (QED) is 0.517. The minimum Gasteiger partial charge on any atom is -0.396 e. The molecule has 0 aliphatic heterocycles. The molecule has 1 N–H and O–H groups in total. The maximum atomic E-state index is 8.71. The predicted molar refractivity (Wildman–Crippen MR) is 36.7 cm³/mol. The lowest BCUT2D eigenvalue weighted by Crippen LogP contribution is -1.99. The van der Waals surface area contributed by atoms with Crippen molar-refractivity contribution >= 4 is 0 Å². The third-order valence-corrected chi connectivity index (χ3v) is 2.04. The van der Waals surface area contributed by atoms with Crippen molar-refractivity contribution in [1.82, 2.24) is 0 Å². The molecule has 1 heteroatoms. The Kier molecular flexibility index (Phi) is 2.13. The summed E-state index contributed by atoms with van der Waals surface area (Å²) in [6, 6.07) is 0. The van der Waals surface area contributed by atoms with Crippen LogP contribution in [0, 0.1) is 24.2 Å². The van der Waals surface area contributed by atoms with Crippen molar-refractivity contribution in [3.8, 4) is 12.3 Å². The van der Waals surface area contributed by atoms with Crippen LogP contribution in [0.1, 0.15) is 19.3 Å². The molecular formula is C8H12O. The predicted octanol–water partition coefficient (Wildman–Crippen LogP) is 1.03. The van der Waals surface area contributed by atoms with Gasteiger partial charge < -0.3 is 5.11 Å². The van der Waals surface area contributed by atoms with Gasteiger partial charge in [-0.15, -0.1) is 12.3 Å². The summed E-state index contributed by atoms with van der Waals surface area (Å²) in [7, 11) is 0. The lowest BCUT2D eigenvalue weighted by molar-refractivity contribution is 0.228. The Balaban J connectivity index is 2.31. The first-order chi connectivity index (χ1) is 4.36. The number of hydrogen-bond donors (Lipinski definition) is 1. The fraction of sp³-hybridized carbons (Fsp3) is 0.750. The number of terminal acetylenes is 1. The smallest absolute Gasteiger partial charge is 0.0459 e. The van der Waals surface area contributed by atoms with Crippen LogP contribution >= 0.6 is 0 Å². The molecule has 2 atom stereocenters. The van der Waals surface area contributed by atoms with Crippen LogP contribution in [0.2, 0.25) is 0 Å². The van der Waals surface area contributed by atoms with Crippen molar-refractivity contribution in [2.45, 2.75) is 19.3 Å². The van der Waals surface area contributed by atoms with Gasteiger partial charge >= 0.3 is 0 Å². The zero-order valence-electron chi connectivity index (χ0n) is 5.51. The van der Waals surface area contributed by atoms with E-state index in [4.69, 9.17) is 11.5 Å². The molecule has 1 aliphatic carbocycles. The van der Waals surface area contributed by atoms with Crippen LogP contribution in [0.25, 0.3) is 0 Å². The topological polar surface area (TPSA) is 20.2 Å². The summed E-state index contributed by atoms with van der Waals surface area (Å²) in [5, 5.41) is 8.71. The highest BCUT2D eigenvalue weighted by Crippen LogP contribution is 2.29. The van der Waals surface area contributed by atoms with Crippen molar-refractivity contribution in [3.05, 3.63) is 0 Å². The maximum absolute atomic E-state index is 8.71. The van der Waals surface area contributed by atoms with Crippen LogP contribution in [-0.4, -0.2) is 11.7 Å². The van der Waals surface area contributed by atoms with Crippen molar-refractivity contribution < 1.29 is 5.11 Å². The summed E-state index contributed by atoms with van der Waals surface area (Å²) in [4.78, 5) is 0. The largest absolute Gasteiger partial charge is 0.396 e. The Morgan fingerprint density at radius 1 is 1.56 bits per heavy atom. The SMILES string of the molecule is C#C[C@@H]1CC[C@@H](CO)C1. The van der Waals surface area contributed by atoms with E-state index in [1.807, 2.05) is 0 Å². The summed E-state index contributed by atoms with van der Waals surface area (Å²) in [5.74, 6) is 3.66. The van der Waals surface area contributed by atoms with Gasteiger partial charge in [0.1, 0.15) is 0 Å². The fourth-order valence-corrected chi connectivity index (χ4v) is 1.39. The standard InChI is InChI=1S/C8H12O/c1-2-7-3-4-8(5-7)6-9/h1,7-9H,3-6H2/t7-,8-/m1/s1. The lowest BCUT2D eigenvalue weighted by Gasteiger charge is -2.01. The van der Waals surface area contributed by atoms with Crippen LogP contribution in [0.5, 0.6) is 0 Å². The average molecular weight is 124 g/mol. The second-order valence-electron chi connectivity index (χ2n) is 2.73. The number of hydrogen-bond acceptors (Lipinski definition) is 1. The Morgan fingerprint density at radius 2 is 2.33 bits per heavy atom. The molecule has 1 fully saturated rings. The van der Waals surface area contributed by atoms with E-state index in [1.165, 1.54) is 0 Å². The van der Waals surface area contributed by atoms with Gasteiger partial charge in [0, 0.05) is 12.5 Å². The zero-order valence-corrected chi connectivity index (χ0v) is 5.51. The molecule has 50 valence electrons. The van der Waals surface area contributed by atoms with Crippen LogP contribution in [0.4, 0.5) is 0 Å². The molecule has 0 heterocycles. The molecule has 9 heavy (non-hydrogen) atoms. The van der Waals surface area contributed by atoms with Crippen molar-refractivity contribution in [2.24, 2.45) is 11.8 Å². The highest BCUT2D eigenvalue weighted by molar-refractivity contribution is 4.97. The van der Waals surface area contributed by atoms with Crippen LogP contribution in [0.3, 0.4) is 0 Å². The first kappa shape index (κ1) is 6.64. The molecule has 1 saturated carbocycles. The van der Waals surface area contributed by atoms with Crippen LogP contribution in [0.15, 0.2) is 0 Å². The van der Waals surface area contributed by atoms with Crippen LogP contribution < -0.4 is 0 Å². The third-order valence-electron chi connectivity index (χ3n) is 2.04. The second kappa shape index (κ2) is 2.89. The Morgan fingerprint density at radius 3 is 2.67 bits per heavy atom.